The van der Waals surface area contributed by atoms with Crippen molar-refractivity contribution in [3.63, 3.8) is 0 Å². The zero-order valence-electron chi connectivity index (χ0n) is 9.18. The summed E-state index contributed by atoms with van der Waals surface area (Å²) >= 11 is 0. The molecule has 1 fully saturated rings. The van der Waals surface area contributed by atoms with Crippen LogP contribution in [0.1, 0.15) is 32.6 Å². The van der Waals surface area contributed by atoms with E-state index in [4.69, 9.17) is 0 Å². The molecule has 1 aliphatic heterocycles. The van der Waals surface area contributed by atoms with Crippen LogP contribution in [0.3, 0.4) is 0 Å². The van der Waals surface area contributed by atoms with E-state index < -0.39 is 0 Å². The highest BCUT2D eigenvalue weighted by Crippen LogP contribution is 2.13. The summed E-state index contributed by atoms with van der Waals surface area (Å²) in [6.07, 6.45) is 5.47. The van der Waals surface area contributed by atoms with Gasteiger partial charge in [-0.2, -0.15) is 0 Å². The van der Waals surface area contributed by atoms with Crippen molar-refractivity contribution in [2.24, 2.45) is 5.92 Å². The van der Waals surface area contributed by atoms with Crippen LogP contribution in [0.2, 0.25) is 0 Å². The summed E-state index contributed by atoms with van der Waals surface area (Å²) in [4.78, 5) is 2.45. The van der Waals surface area contributed by atoms with Gasteiger partial charge < -0.3 is 10.2 Å². The number of rotatable bonds is 5. The first-order chi connectivity index (χ1) is 6.33. The van der Waals surface area contributed by atoms with Crippen molar-refractivity contribution in [2.45, 2.75) is 32.6 Å². The number of piperidine rings is 1. The number of hydrogen-bond acceptors (Lipinski definition) is 2. The second-order valence-corrected chi connectivity index (χ2v) is 4.30. The average molecular weight is 184 g/mol. The van der Waals surface area contributed by atoms with Gasteiger partial charge in [0.1, 0.15) is 0 Å². The standard InChI is InChI=1S/C11H24N2/c1-3-8-13(2)9-6-11-5-4-7-12-10-11/h11-12H,3-10H2,1-2H3. The van der Waals surface area contributed by atoms with Crippen LogP contribution in [0.5, 0.6) is 0 Å². The van der Waals surface area contributed by atoms with Crippen molar-refractivity contribution in [2.75, 3.05) is 33.2 Å². The minimum Gasteiger partial charge on any atom is -0.316 e. The van der Waals surface area contributed by atoms with E-state index in [0.29, 0.717) is 0 Å². The highest BCUT2D eigenvalue weighted by atomic mass is 15.1. The third-order valence-electron chi connectivity index (χ3n) is 2.92. The third kappa shape index (κ3) is 4.63. The number of nitrogens with zero attached hydrogens (tertiary/aromatic N) is 1. The van der Waals surface area contributed by atoms with Gasteiger partial charge in [0.15, 0.2) is 0 Å². The largest absolute Gasteiger partial charge is 0.316 e. The van der Waals surface area contributed by atoms with Gasteiger partial charge in [-0.25, -0.2) is 0 Å². The van der Waals surface area contributed by atoms with Gasteiger partial charge in [0.2, 0.25) is 0 Å². The Bertz CT molecular complexity index is 119. The third-order valence-corrected chi connectivity index (χ3v) is 2.92. The Morgan fingerprint density at radius 3 is 2.85 bits per heavy atom. The quantitative estimate of drug-likeness (QED) is 0.700. The SMILES string of the molecule is CCCN(C)CCC1CCCNC1. The van der Waals surface area contributed by atoms with E-state index in [0.717, 1.165) is 5.92 Å². The first kappa shape index (κ1) is 11.0. The fourth-order valence-electron chi connectivity index (χ4n) is 2.07. The van der Waals surface area contributed by atoms with Crippen molar-refractivity contribution in [1.29, 1.82) is 0 Å². The highest BCUT2D eigenvalue weighted by Gasteiger charge is 2.12. The van der Waals surface area contributed by atoms with Gasteiger partial charge in [-0.1, -0.05) is 6.92 Å². The van der Waals surface area contributed by atoms with Crippen LogP contribution < -0.4 is 5.32 Å². The maximum atomic E-state index is 3.47. The molecule has 2 nitrogen and oxygen atoms in total. The molecule has 0 spiro atoms. The molecular formula is C11H24N2. The van der Waals surface area contributed by atoms with E-state index in [2.05, 4.69) is 24.2 Å². The molecule has 0 aromatic rings. The van der Waals surface area contributed by atoms with Gasteiger partial charge in [0, 0.05) is 0 Å². The van der Waals surface area contributed by atoms with Crippen LogP contribution in [-0.2, 0) is 0 Å². The minimum absolute atomic E-state index is 0.938. The van der Waals surface area contributed by atoms with Gasteiger partial charge in [0.25, 0.3) is 0 Å². The molecule has 13 heavy (non-hydrogen) atoms. The summed E-state index contributed by atoms with van der Waals surface area (Å²) in [5.41, 5.74) is 0. The molecule has 1 rings (SSSR count). The van der Waals surface area contributed by atoms with Gasteiger partial charge in [0.05, 0.1) is 0 Å². The lowest BCUT2D eigenvalue weighted by atomic mass is 9.96. The maximum absolute atomic E-state index is 3.47. The predicted octanol–water partition coefficient (Wildman–Crippen LogP) is 1.72. The van der Waals surface area contributed by atoms with E-state index in [-0.39, 0.29) is 0 Å². The zero-order valence-corrected chi connectivity index (χ0v) is 9.18. The second-order valence-electron chi connectivity index (χ2n) is 4.30. The summed E-state index contributed by atoms with van der Waals surface area (Å²) in [6, 6.07) is 0. The molecule has 1 aliphatic rings. The van der Waals surface area contributed by atoms with Crippen molar-refractivity contribution < 1.29 is 0 Å². The molecular weight excluding hydrogens is 160 g/mol. The van der Waals surface area contributed by atoms with E-state index in [9.17, 15) is 0 Å². The zero-order chi connectivity index (χ0) is 9.52. The second kappa shape index (κ2) is 6.39. The van der Waals surface area contributed by atoms with E-state index in [1.54, 1.807) is 0 Å². The molecule has 78 valence electrons. The molecule has 0 amide bonds. The first-order valence-corrected chi connectivity index (χ1v) is 5.72. The molecule has 0 aromatic carbocycles. The Morgan fingerprint density at radius 1 is 1.38 bits per heavy atom. The molecule has 1 atom stereocenters. The first-order valence-electron chi connectivity index (χ1n) is 5.72. The summed E-state index contributed by atoms with van der Waals surface area (Å²) in [6.45, 7) is 7.26. The fraction of sp³-hybridized carbons (Fsp3) is 1.00. The Morgan fingerprint density at radius 2 is 2.23 bits per heavy atom. The molecule has 0 aliphatic carbocycles. The lowest BCUT2D eigenvalue weighted by Crippen LogP contribution is -2.32. The van der Waals surface area contributed by atoms with Crippen molar-refractivity contribution in [3.8, 4) is 0 Å². The summed E-state index contributed by atoms with van der Waals surface area (Å²) in [7, 11) is 2.24. The van der Waals surface area contributed by atoms with Crippen LogP contribution >= 0.6 is 0 Å². The van der Waals surface area contributed by atoms with Crippen LogP contribution in [0.15, 0.2) is 0 Å². The van der Waals surface area contributed by atoms with Crippen LogP contribution in [0.4, 0.5) is 0 Å². The summed E-state index contributed by atoms with van der Waals surface area (Å²) in [5.74, 6) is 0.938. The minimum atomic E-state index is 0.938. The van der Waals surface area contributed by atoms with Crippen LogP contribution in [-0.4, -0.2) is 38.1 Å². The van der Waals surface area contributed by atoms with Crippen molar-refractivity contribution in [1.82, 2.24) is 10.2 Å². The lowest BCUT2D eigenvalue weighted by molar-refractivity contribution is 0.274. The molecule has 2 heteroatoms. The van der Waals surface area contributed by atoms with Gasteiger partial charge in [-0.3, -0.25) is 0 Å². The van der Waals surface area contributed by atoms with Crippen molar-refractivity contribution >= 4 is 0 Å². The number of nitrogens with one attached hydrogen (secondary N) is 1. The highest BCUT2D eigenvalue weighted by molar-refractivity contribution is 4.69. The van der Waals surface area contributed by atoms with E-state index in [1.165, 1.54) is 51.9 Å². The lowest BCUT2D eigenvalue weighted by Gasteiger charge is -2.25. The van der Waals surface area contributed by atoms with Gasteiger partial charge >= 0.3 is 0 Å². The molecule has 1 N–H and O–H groups in total. The molecule has 0 saturated carbocycles. The molecule has 1 heterocycles. The maximum Gasteiger partial charge on any atom is -0.00187 e. The van der Waals surface area contributed by atoms with Crippen LogP contribution in [0.25, 0.3) is 0 Å². The Balaban J connectivity index is 2.03. The Hall–Kier alpha value is -0.0800. The average Bonchev–Trinajstić information content (AvgIpc) is 2.17. The molecule has 0 radical (unpaired) electrons. The Kier molecular flexibility index (Phi) is 5.40. The van der Waals surface area contributed by atoms with Crippen molar-refractivity contribution in [3.05, 3.63) is 0 Å². The smallest absolute Gasteiger partial charge is 0.00187 e. The van der Waals surface area contributed by atoms with E-state index in [1.807, 2.05) is 0 Å². The number of hydrogen-bond donors (Lipinski definition) is 1. The summed E-state index contributed by atoms with van der Waals surface area (Å²) < 4.78 is 0. The monoisotopic (exact) mass is 184 g/mol. The summed E-state index contributed by atoms with van der Waals surface area (Å²) in [5, 5.41) is 3.47. The predicted molar refractivity (Wildman–Crippen MR) is 58.0 cm³/mol. The van der Waals surface area contributed by atoms with Crippen LogP contribution in [0, 0.1) is 5.92 Å². The molecule has 0 aromatic heterocycles. The topological polar surface area (TPSA) is 15.3 Å². The molecule has 0 bridgehead atoms. The fourth-order valence-corrected chi connectivity index (χ4v) is 2.07. The molecule has 1 saturated heterocycles. The molecule has 1 unspecified atom stereocenters. The van der Waals surface area contributed by atoms with Gasteiger partial charge in [-0.05, 0) is 64.8 Å². The Labute approximate surface area is 82.7 Å². The van der Waals surface area contributed by atoms with E-state index >= 15 is 0 Å². The van der Waals surface area contributed by atoms with Gasteiger partial charge in [-0.15, -0.1) is 0 Å². The normalized spacial score (nSPS) is 23.8.